The van der Waals surface area contributed by atoms with Crippen molar-refractivity contribution in [1.82, 2.24) is 4.90 Å². The molecule has 0 unspecified atom stereocenters. The van der Waals surface area contributed by atoms with Crippen LogP contribution in [0.15, 0.2) is 24.3 Å². The predicted molar refractivity (Wildman–Crippen MR) is 69.0 cm³/mol. The molecule has 0 N–H and O–H groups in total. The number of likely N-dealkylation sites (N-methyl/N-ethyl adjacent to an activating group) is 1. The molecule has 0 aliphatic heterocycles. The maximum atomic E-state index is 11.0. The molecule has 0 radical (unpaired) electrons. The highest BCUT2D eigenvalue weighted by Gasteiger charge is 2.04. The van der Waals surface area contributed by atoms with E-state index in [1.165, 1.54) is 18.2 Å². The third-order valence-corrected chi connectivity index (χ3v) is 2.79. The number of carbonyl (C=O) groups excluding carboxylic acids is 1. The second-order valence-corrected chi connectivity index (χ2v) is 4.37. The lowest BCUT2D eigenvalue weighted by molar-refractivity contribution is -0.140. The number of esters is 1. The van der Waals surface area contributed by atoms with Crippen molar-refractivity contribution in [3.8, 4) is 0 Å². The first-order valence-electron chi connectivity index (χ1n) is 5.92. The number of aryl methyl sites for hydroxylation is 1. The van der Waals surface area contributed by atoms with Gasteiger partial charge in [-0.3, -0.25) is 4.79 Å². The second kappa shape index (κ2) is 7.07. The van der Waals surface area contributed by atoms with Gasteiger partial charge in [-0.25, -0.2) is 0 Å². The van der Waals surface area contributed by atoms with E-state index in [4.69, 9.17) is 0 Å². The Morgan fingerprint density at radius 1 is 1.35 bits per heavy atom. The van der Waals surface area contributed by atoms with Crippen LogP contribution in [0.1, 0.15) is 17.5 Å². The molecule has 1 rings (SSSR count). The Kier molecular flexibility index (Phi) is 5.70. The quantitative estimate of drug-likeness (QED) is 0.707. The SMILES string of the molecule is COC(=O)CCN(C)CCc1cccc(C)c1. The molecular weight excluding hydrogens is 214 g/mol. The van der Waals surface area contributed by atoms with Crippen LogP contribution in [0.5, 0.6) is 0 Å². The molecule has 1 aromatic carbocycles. The van der Waals surface area contributed by atoms with Gasteiger partial charge in [0, 0.05) is 13.1 Å². The summed E-state index contributed by atoms with van der Waals surface area (Å²) in [5.41, 5.74) is 2.63. The van der Waals surface area contributed by atoms with Gasteiger partial charge in [0.2, 0.25) is 0 Å². The van der Waals surface area contributed by atoms with Crippen molar-refractivity contribution >= 4 is 5.97 Å². The molecule has 3 nitrogen and oxygen atoms in total. The fourth-order valence-corrected chi connectivity index (χ4v) is 1.68. The number of hydrogen-bond donors (Lipinski definition) is 0. The Hall–Kier alpha value is -1.35. The molecule has 0 fully saturated rings. The van der Waals surface area contributed by atoms with E-state index in [1.54, 1.807) is 0 Å². The predicted octanol–water partition coefficient (Wildman–Crippen LogP) is 2.03. The van der Waals surface area contributed by atoms with E-state index in [-0.39, 0.29) is 5.97 Å². The minimum absolute atomic E-state index is 0.146. The van der Waals surface area contributed by atoms with Crippen LogP contribution in [0.25, 0.3) is 0 Å². The fourth-order valence-electron chi connectivity index (χ4n) is 1.68. The van der Waals surface area contributed by atoms with E-state index < -0.39 is 0 Å². The summed E-state index contributed by atoms with van der Waals surface area (Å²) in [4.78, 5) is 13.1. The van der Waals surface area contributed by atoms with Gasteiger partial charge in [0.05, 0.1) is 13.5 Å². The summed E-state index contributed by atoms with van der Waals surface area (Å²) in [6.07, 6.45) is 1.47. The molecule has 0 saturated heterocycles. The Morgan fingerprint density at radius 2 is 2.12 bits per heavy atom. The molecule has 0 aromatic heterocycles. The van der Waals surface area contributed by atoms with Crippen LogP contribution < -0.4 is 0 Å². The van der Waals surface area contributed by atoms with Crippen LogP contribution in [-0.4, -0.2) is 38.1 Å². The van der Waals surface area contributed by atoms with Crippen molar-refractivity contribution in [3.63, 3.8) is 0 Å². The minimum atomic E-state index is -0.146. The third kappa shape index (κ3) is 5.50. The van der Waals surface area contributed by atoms with Crippen LogP contribution in [-0.2, 0) is 16.0 Å². The molecule has 94 valence electrons. The topological polar surface area (TPSA) is 29.5 Å². The molecule has 3 heteroatoms. The lowest BCUT2D eigenvalue weighted by Gasteiger charge is -2.15. The highest BCUT2D eigenvalue weighted by atomic mass is 16.5. The number of methoxy groups -OCH3 is 1. The molecule has 0 bridgehead atoms. The molecule has 17 heavy (non-hydrogen) atoms. The summed E-state index contributed by atoms with van der Waals surface area (Å²) in [6, 6.07) is 8.53. The average Bonchev–Trinajstić information content (AvgIpc) is 2.33. The molecule has 0 amide bonds. The second-order valence-electron chi connectivity index (χ2n) is 4.37. The standard InChI is InChI=1S/C14H21NO2/c1-12-5-4-6-13(11-12)7-9-15(2)10-8-14(16)17-3/h4-6,11H,7-10H2,1-3H3. The third-order valence-electron chi connectivity index (χ3n) is 2.79. The monoisotopic (exact) mass is 235 g/mol. The first kappa shape index (κ1) is 13.7. The number of benzene rings is 1. The number of nitrogens with zero attached hydrogens (tertiary/aromatic N) is 1. The van der Waals surface area contributed by atoms with Gasteiger partial charge in [0.15, 0.2) is 0 Å². The number of rotatable bonds is 6. The van der Waals surface area contributed by atoms with Gasteiger partial charge in [-0.15, -0.1) is 0 Å². The van der Waals surface area contributed by atoms with Gasteiger partial charge in [0.1, 0.15) is 0 Å². The highest BCUT2D eigenvalue weighted by Crippen LogP contribution is 2.05. The number of ether oxygens (including phenoxy) is 1. The van der Waals surface area contributed by atoms with Gasteiger partial charge in [-0.2, -0.15) is 0 Å². The van der Waals surface area contributed by atoms with Gasteiger partial charge in [-0.05, 0) is 26.0 Å². The zero-order chi connectivity index (χ0) is 12.7. The van der Waals surface area contributed by atoms with Crippen LogP contribution in [0.4, 0.5) is 0 Å². The Morgan fingerprint density at radius 3 is 2.76 bits per heavy atom. The summed E-state index contributed by atoms with van der Waals surface area (Å²) in [5, 5.41) is 0. The summed E-state index contributed by atoms with van der Waals surface area (Å²) >= 11 is 0. The van der Waals surface area contributed by atoms with Gasteiger partial charge in [0.25, 0.3) is 0 Å². The lowest BCUT2D eigenvalue weighted by atomic mass is 10.1. The van der Waals surface area contributed by atoms with Crippen molar-refractivity contribution in [2.75, 3.05) is 27.2 Å². The molecule has 0 atom stereocenters. The fraction of sp³-hybridized carbons (Fsp3) is 0.500. The average molecular weight is 235 g/mol. The minimum Gasteiger partial charge on any atom is -0.469 e. The Balaban J connectivity index is 2.28. The van der Waals surface area contributed by atoms with E-state index in [1.807, 2.05) is 7.05 Å². The maximum absolute atomic E-state index is 11.0. The van der Waals surface area contributed by atoms with Crippen molar-refractivity contribution in [3.05, 3.63) is 35.4 Å². The molecule has 0 heterocycles. The lowest BCUT2D eigenvalue weighted by Crippen LogP contribution is -2.24. The van der Waals surface area contributed by atoms with Crippen molar-refractivity contribution in [1.29, 1.82) is 0 Å². The van der Waals surface area contributed by atoms with E-state index >= 15 is 0 Å². The molecule has 0 spiro atoms. The molecule has 0 aliphatic carbocycles. The number of carbonyl (C=O) groups is 1. The number of hydrogen-bond acceptors (Lipinski definition) is 3. The summed E-state index contributed by atoms with van der Waals surface area (Å²) < 4.78 is 4.61. The van der Waals surface area contributed by atoms with Gasteiger partial charge in [-0.1, -0.05) is 29.8 Å². The molecule has 0 saturated carbocycles. The van der Waals surface area contributed by atoms with Gasteiger partial charge >= 0.3 is 5.97 Å². The van der Waals surface area contributed by atoms with Crippen LogP contribution in [0.2, 0.25) is 0 Å². The van der Waals surface area contributed by atoms with Crippen molar-refractivity contribution in [2.24, 2.45) is 0 Å². The van der Waals surface area contributed by atoms with E-state index in [9.17, 15) is 4.79 Å². The first-order chi connectivity index (χ1) is 8.11. The zero-order valence-corrected chi connectivity index (χ0v) is 10.9. The van der Waals surface area contributed by atoms with Gasteiger partial charge < -0.3 is 9.64 Å². The molecular formula is C14H21NO2. The summed E-state index contributed by atoms with van der Waals surface area (Å²) in [7, 11) is 3.45. The van der Waals surface area contributed by atoms with Crippen molar-refractivity contribution < 1.29 is 9.53 Å². The van der Waals surface area contributed by atoms with Crippen molar-refractivity contribution in [2.45, 2.75) is 19.8 Å². The summed E-state index contributed by atoms with van der Waals surface area (Å²) in [6.45, 7) is 3.81. The normalized spacial score (nSPS) is 10.6. The Bertz CT molecular complexity index is 363. The maximum Gasteiger partial charge on any atom is 0.306 e. The molecule has 0 aliphatic rings. The van der Waals surface area contributed by atoms with Crippen LogP contribution in [0.3, 0.4) is 0 Å². The van der Waals surface area contributed by atoms with Crippen LogP contribution in [0, 0.1) is 6.92 Å². The Labute approximate surface area is 103 Å². The van der Waals surface area contributed by atoms with E-state index in [0.717, 1.165) is 19.5 Å². The highest BCUT2D eigenvalue weighted by molar-refractivity contribution is 5.69. The first-order valence-corrected chi connectivity index (χ1v) is 5.92. The zero-order valence-electron chi connectivity index (χ0n) is 10.9. The van der Waals surface area contributed by atoms with E-state index in [2.05, 4.69) is 40.8 Å². The van der Waals surface area contributed by atoms with Crippen LogP contribution >= 0.6 is 0 Å². The smallest absolute Gasteiger partial charge is 0.306 e. The largest absolute Gasteiger partial charge is 0.469 e. The molecule has 1 aromatic rings. The summed E-state index contributed by atoms with van der Waals surface area (Å²) in [5.74, 6) is -0.146. The van der Waals surface area contributed by atoms with E-state index in [0.29, 0.717) is 6.42 Å².